The molecule has 0 saturated carbocycles. The number of guanidine groups is 1. The Labute approximate surface area is 112 Å². The van der Waals surface area contributed by atoms with Crippen molar-refractivity contribution >= 4 is 17.7 Å². The van der Waals surface area contributed by atoms with Gasteiger partial charge in [-0.1, -0.05) is 0 Å². The average molecular weight is 266 g/mol. The van der Waals surface area contributed by atoms with Crippen molar-refractivity contribution in [2.24, 2.45) is 4.99 Å². The number of hydrogen-bond acceptors (Lipinski definition) is 2. The fraction of sp³-hybridized carbons (Fsp3) is 0.385. The topological polar surface area (TPSA) is 56.7 Å². The lowest BCUT2D eigenvalue weighted by Gasteiger charge is -2.20. The average Bonchev–Trinajstić information content (AvgIpc) is 2.41. The molecule has 19 heavy (non-hydrogen) atoms. The molecule has 104 valence electrons. The second-order valence-corrected chi connectivity index (χ2v) is 3.81. The standard InChI is InChI=1S/C13H19FN4O/c1-4-18(5-2)13(19)17-12(15-3)16-11-8-6-10(14)7-9-11/h6-9H,4-5H2,1-3H3,(H2,15,16,17,19). The highest BCUT2D eigenvalue weighted by Crippen LogP contribution is 2.07. The van der Waals surface area contributed by atoms with Gasteiger partial charge in [-0.25, -0.2) is 9.18 Å². The van der Waals surface area contributed by atoms with Gasteiger partial charge in [-0.3, -0.25) is 10.3 Å². The molecule has 0 aliphatic carbocycles. The number of carbonyl (C=O) groups is 1. The van der Waals surface area contributed by atoms with Crippen LogP contribution < -0.4 is 10.6 Å². The van der Waals surface area contributed by atoms with E-state index in [0.29, 0.717) is 24.7 Å². The van der Waals surface area contributed by atoms with E-state index in [-0.39, 0.29) is 11.8 Å². The summed E-state index contributed by atoms with van der Waals surface area (Å²) in [7, 11) is 1.56. The number of amides is 2. The summed E-state index contributed by atoms with van der Waals surface area (Å²) in [6.45, 7) is 5.05. The Hall–Kier alpha value is -2.11. The van der Waals surface area contributed by atoms with Gasteiger partial charge in [0.15, 0.2) is 0 Å². The van der Waals surface area contributed by atoms with Crippen molar-refractivity contribution in [2.45, 2.75) is 13.8 Å². The molecule has 6 heteroatoms. The maximum Gasteiger partial charge on any atom is 0.324 e. The third kappa shape index (κ3) is 4.57. The molecule has 2 N–H and O–H groups in total. The lowest BCUT2D eigenvalue weighted by molar-refractivity contribution is 0.208. The molecule has 0 aliphatic heterocycles. The van der Waals surface area contributed by atoms with E-state index >= 15 is 0 Å². The van der Waals surface area contributed by atoms with E-state index in [1.54, 1.807) is 24.1 Å². The van der Waals surface area contributed by atoms with Crippen molar-refractivity contribution in [1.29, 1.82) is 0 Å². The van der Waals surface area contributed by atoms with Crippen molar-refractivity contribution in [3.63, 3.8) is 0 Å². The number of nitrogens with one attached hydrogen (secondary N) is 2. The lowest BCUT2D eigenvalue weighted by Crippen LogP contribution is -2.45. The molecule has 0 unspecified atom stereocenters. The zero-order valence-electron chi connectivity index (χ0n) is 11.4. The molecule has 0 aliphatic rings. The van der Waals surface area contributed by atoms with E-state index in [1.807, 2.05) is 13.8 Å². The van der Waals surface area contributed by atoms with Gasteiger partial charge >= 0.3 is 6.03 Å². The third-order valence-electron chi connectivity index (χ3n) is 2.61. The molecule has 5 nitrogen and oxygen atoms in total. The number of nitrogens with zero attached hydrogens (tertiary/aromatic N) is 2. The van der Waals surface area contributed by atoms with Crippen LogP contribution in [0.15, 0.2) is 29.3 Å². The summed E-state index contributed by atoms with van der Waals surface area (Å²) in [5, 5.41) is 5.58. The minimum absolute atomic E-state index is 0.222. The Morgan fingerprint density at radius 2 is 1.84 bits per heavy atom. The van der Waals surface area contributed by atoms with Crippen LogP contribution in [0.3, 0.4) is 0 Å². The first-order valence-corrected chi connectivity index (χ1v) is 6.16. The summed E-state index contributed by atoms with van der Waals surface area (Å²) >= 11 is 0. The molecule has 1 aromatic rings. The summed E-state index contributed by atoms with van der Waals surface area (Å²) in [5.41, 5.74) is 0.654. The van der Waals surface area contributed by atoms with Gasteiger partial charge in [0.2, 0.25) is 5.96 Å². The molecule has 2 amide bonds. The number of anilines is 1. The highest BCUT2D eigenvalue weighted by molar-refractivity contribution is 6.03. The zero-order chi connectivity index (χ0) is 14.3. The number of halogens is 1. The molecule has 0 fully saturated rings. The number of urea groups is 1. The van der Waals surface area contributed by atoms with Gasteiger partial charge in [-0.05, 0) is 38.1 Å². The number of hydrogen-bond donors (Lipinski definition) is 2. The molecule has 0 saturated heterocycles. The predicted octanol–water partition coefficient (Wildman–Crippen LogP) is 2.27. The van der Waals surface area contributed by atoms with Crippen molar-refractivity contribution in [3.8, 4) is 0 Å². The third-order valence-corrected chi connectivity index (χ3v) is 2.61. The first-order valence-electron chi connectivity index (χ1n) is 6.16. The molecule has 0 radical (unpaired) electrons. The maximum atomic E-state index is 12.8. The van der Waals surface area contributed by atoms with E-state index in [0.717, 1.165) is 0 Å². The van der Waals surface area contributed by atoms with Crippen LogP contribution in [0.4, 0.5) is 14.9 Å². The van der Waals surface area contributed by atoms with E-state index in [1.165, 1.54) is 12.1 Å². The fourth-order valence-electron chi connectivity index (χ4n) is 1.50. The van der Waals surface area contributed by atoms with Crippen LogP contribution >= 0.6 is 0 Å². The van der Waals surface area contributed by atoms with E-state index in [4.69, 9.17) is 0 Å². The van der Waals surface area contributed by atoms with E-state index < -0.39 is 0 Å². The van der Waals surface area contributed by atoms with Gasteiger partial charge in [0.05, 0.1) is 0 Å². The molecule has 0 aromatic heterocycles. The summed E-state index contributed by atoms with van der Waals surface area (Å²) in [5.74, 6) is 0.0104. The quantitative estimate of drug-likeness (QED) is 0.651. The Bertz CT molecular complexity index is 440. The van der Waals surface area contributed by atoms with E-state index in [2.05, 4.69) is 15.6 Å². The number of carbonyl (C=O) groups excluding carboxylic acids is 1. The van der Waals surface area contributed by atoms with Gasteiger partial charge in [-0.15, -0.1) is 0 Å². The Balaban J connectivity index is 2.64. The van der Waals surface area contributed by atoms with Crippen molar-refractivity contribution in [2.75, 3.05) is 25.5 Å². The monoisotopic (exact) mass is 266 g/mol. The zero-order valence-corrected chi connectivity index (χ0v) is 11.4. The summed E-state index contributed by atoms with van der Waals surface area (Å²) in [6.07, 6.45) is 0. The van der Waals surface area contributed by atoms with Crippen LogP contribution in [0.25, 0.3) is 0 Å². The van der Waals surface area contributed by atoms with Gasteiger partial charge in [0, 0.05) is 25.8 Å². The Morgan fingerprint density at radius 3 is 2.32 bits per heavy atom. The maximum absolute atomic E-state index is 12.8. The van der Waals surface area contributed by atoms with E-state index in [9.17, 15) is 9.18 Å². The molecule has 1 rings (SSSR count). The largest absolute Gasteiger partial charge is 0.326 e. The lowest BCUT2D eigenvalue weighted by atomic mass is 10.3. The predicted molar refractivity (Wildman–Crippen MR) is 74.8 cm³/mol. The van der Waals surface area contributed by atoms with Crippen LogP contribution in [0.1, 0.15) is 13.8 Å². The molecular weight excluding hydrogens is 247 g/mol. The molecule has 0 atom stereocenters. The second-order valence-electron chi connectivity index (χ2n) is 3.81. The molecule has 1 aromatic carbocycles. The number of aliphatic imine (C=N–C) groups is 1. The van der Waals surface area contributed by atoms with Crippen molar-refractivity contribution < 1.29 is 9.18 Å². The SMILES string of the molecule is CCN(CC)C(=O)NC(=NC)Nc1ccc(F)cc1. The van der Waals surface area contributed by atoms with Crippen LogP contribution in [-0.4, -0.2) is 37.0 Å². The van der Waals surface area contributed by atoms with Gasteiger partial charge in [-0.2, -0.15) is 0 Å². The number of rotatable bonds is 3. The van der Waals surface area contributed by atoms with Gasteiger partial charge < -0.3 is 10.2 Å². The molecule has 0 heterocycles. The summed E-state index contributed by atoms with van der Waals surface area (Å²) < 4.78 is 12.8. The Morgan fingerprint density at radius 1 is 1.26 bits per heavy atom. The molecule has 0 bridgehead atoms. The van der Waals surface area contributed by atoms with Gasteiger partial charge in [0.1, 0.15) is 5.82 Å². The van der Waals surface area contributed by atoms with Crippen molar-refractivity contribution in [3.05, 3.63) is 30.1 Å². The summed E-state index contributed by atoms with van der Waals surface area (Å²) in [4.78, 5) is 17.4. The second kappa shape index (κ2) is 7.35. The minimum atomic E-state index is -0.312. The minimum Gasteiger partial charge on any atom is -0.326 e. The first-order chi connectivity index (χ1) is 9.10. The van der Waals surface area contributed by atoms with Crippen LogP contribution in [0.2, 0.25) is 0 Å². The number of benzene rings is 1. The molecule has 0 spiro atoms. The normalized spacial score (nSPS) is 11.1. The van der Waals surface area contributed by atoms with Crippen LogP contribution in [0.5, 0.6) is 0 Å². The van der Waals surface area contributed by atoms with Gasteiger partial charge in [0.25, 0.3) is 0 Å². The first kappa shape index (κ1) is 14.9. The smallest absolute Gasteiger partial charge is 0.324 e. The molecular formula is C13H19FN4O. The van der Waals surface area contributed by atoms with Crippen LogP contribution in [-0.2, 0) is 0 Å². The van der Waals surface area contributed by atoms with Crippen molar-refractivity contribution in [1.82, 2.24) is 10.2 Å². The fourth-order valence-corrected chi connectivity index (χ4v) is 1.50. The summed E-state index contributed by atoms with van der Waals surface area (Å²) in [6, 6.07) is 5.60. The highest BCUT2D eigenvalue weighted by Gasteiger charge is 2.11. The van der Waals surface area contributed by atoms with Crippen LogP contribution in [0, 0.1) is 5.82 Å². The highest BCUT2D eigenvalue weighted by atomic mass is 19.1. The Kier molecular flexibility index (Phi) is 5.78.